The maximum Gasteiger partial charge on any atom is 0.309 e. The average Bonchev–Trinajstić information content (AvgIpc) is 2.33. The van der Waals surface area contributed by atoms with E-state index in [-0.39, 0.29) is 23.2 Å². The van der Waals surface area contributed by atoms with Crippen LogP contribution in [0.25, 0.3) is 11.1 Å². The Hall–Kier alpha value is -2.50. The van der Waals surface area contributed by atoms with Crippen LogP contribution in [0, 0.1) is 11.6 Å². The zero-order chi connectivity index (χ0) is 14.0. The molecule has 0 unspecified atom stereocenters. The number of carbonyl (C=O) groups is 1. The van der Waals surface area contributed by atoms with Gasteiger partial charge in [0.25, 0.3) is 5.56 Å². The van der Waals surface area contributed by atoms with Crippen molar-refractivity contribution in [1.82, 2.24) is 4.98 Å². The molecule has 1 aromatic carbocycles. The Morgan fingerprint density at radius 2 is 1.89 bits per heavy atom. The van der Waals surface area contributed by atoms with Crippen molar-refractivity contribution in [2.24, 2.45) is 0 Å². The van der Waals surface area contributed by atoms with E-state index in [1.165, 1.54) is 24.3 Å². The smallest absolute Gasteiger partial charge is 0.309 e. The van der Waals surface area contributed by atoms with Crippen LogP contribution in [-0.4, -0.2) is 16.1 Å². The van der Waals surface area contributed by atoms with Gasteiger partial charge in [-0.1, -0.05) is 12.1 Å². The number of carboxylic acid groups (broad SMARTS) is 1. The van der Waals surface area contributed by atoms with Crippen LogP contribution in [0.2, 0.25) is 0 Å². The molecule has 2 N–H and O–H groups in total. The summed E-state index contributed by atoms with van der Waals surface area (Å²) in [6.07, 6.45) is -0.346. The first-order valence-electron chi connectivity index (χ1n) is 5.37. The van der Waals surface area contributed by atoms with Crippen molar-refractivity contribution in [1.29, 1.82) is 0 Å². The minimum Gasteiger partial charge on any atom is -0.481 e. The van der Waals surface area contributed by atoms with Crippen molar-refractivity contribution in [2.45, 2.75) is 6.42 Å². The topological polar surface area (TPSA) is 70.2 Å². The minimum absolute atomic E-state index is 0.0499. The van der Waals surface area contributed by atoms with E-state index in [0.29, 0.717) is 0 Å². The second-order valence-corrected chi connectivity index (χ2v) is 3.90. The third kappa shape index (κ3) is 2.67. The molecule has 4 nitrogen and oxygen atoms in total. The second kappa shape index (κ2) is 5.01. The summed E-state index contributed by atoms with van der Waals surface area (Å²) in [5.41, 5.74) is -0.685. The lowest BCUT2D eigenvalue weighted by molar-refractivity contribution is -0.136. The average molecular weight is 265 g/mol. The van der Waals surface area contributed by atoms with Crippen LogP contribution in [0.1, 0.15) is 5.69 Å². The third-order valence-electron chi connectivity index (χ3n) is 2.55. The maximum absolute atomic E-state index is 13.6. The van der Waals surface area contributed by atoms with Gasteiger partial charge in [-0.15, -0.1) is 0 Å². The van der Waals surface area contributed by atoms with Crippen molar-refractivity contribution < 1.29 is 18.7 Å². The number of rotatable bonds is 3. The maximum atomic E-state index is 13.6. The summed E-state index contributed by atoms with van der Waals surface area (Å²) in [7, 11) is 0. The summed E-state index contributed by atoms with van der Waals surface area (Å²) in [6.45, 7) is 0. The largest absolute Gasteiger partial charge is 0.481 e. The fraction of sp³-hybridized carbons (Fsp3) is 0.0769. The summed E-state index contributed by atoms with van der Waals surface area (Å²) in [4.78, 5) is 24.6. The molecule has 0 amide bonds. The van der Waals surface area contributed by atoms with E-state index in [1.54, 1.807) is 0 Å². The molecule has 6 heteroatoms. The van der Waals surface area contributed by atoms with Gasteiger partial charge in [0.2, 0.25) is 0 Å². The molecule has 0 spiro atoms. The predicted molar refractivity (Wildman–Crippen MR) is 63.8 cm³/mol. The number of H-pyrrole nitrogens is 1. The number of aromatic amines is 1. The zero-order valence-corrected chi connectivity index (χ0v) is 9.61. The molecule has 0 fully saturated rings. The monoisotopic (exact) mass is 265 g/mol. The van der Waals surface area contributed by atoms with Crippen molar-refractivity contribution in [3.63, 3.8) is 0 Å². The molecule has 98 valence electrons. The fourth-order valence-corrected chi connectivity index (χ4v) is 1.70. The summed E-state index contributed by atoms with van der Waals surface area (Å²) in [5, 5.41) is 8.59. The van der Waals surface area contributed by atoms with Gasteiger partial charge in [-0.2, -0.15) is 0 Å². The number of aliphatic carboxylic acids is 1. The fourth-order valence-electron chi connectivity index (χ4n) is 1.70. The van der Waals surface area contributed by atoms with Gasteiger partial charge in [-0.25, -0.2) is 8.78 Å². The minimum atomic E-state index is -1.11. The molecule has 0 bridgehead atoms. The number of carboxylic acids is 1. The summed E-state index contributed by atoms with van der Waals surface area (Å²) < 4.78 is 26.6. The molecule has 0 saturated heterocycles. The summed E-state index contributed by atoms with van der Waals surface area (Å²) in [6, 6.07) is 6.15. The third-order valence-corrected chi connectivity index (χ3v) is 2.55. The van der Waals surface area contributed by atoms with Gasteiger partial charge in [0.1, 0.15) is 0 Å². The van der Waals surface area contributed by atoms with Crippen LogP contribution in [0.3, 0.4) is 0 Å². The Kier molecular flexibility index (Phi) is 3.41. The van der Waals surface area contributed by atoms with Gasteiger partial charge in [-0.05, 0) is 18.2 Å². The summed E-state index contributed by atoms with van der Waals surface area (Å²) >= 11 is 0. The predicted octanol–water partition coefficient (Wildman–Crippen LogP) is 1.95. The number of benzene rings is 1. The van der Waals surface area contributed by atoms with E-state index in [0.717, 1.165) is 6.07 Å². The van der Waals surface area contributed by atoms with Crippen LogP contribution in [-0.2, 0) is 11.2 Å². The first-order valence-corrected chi connectivity index (χ1v) is 5.37. The van der Waals surface area contributed by atoms with Gasteiger partial charge < -0.3 is 10.1 Å². The van der Waals surface area contributed by atoms with E-state index in [2.05, 4.69) is 4.98 Å². The molecule has 0 aliphatic carbocycles. The molecule has 0 radical (unpaired) electrons. The molecule has 19 heavy (non-hydrogen) atoms. The Bertz CT molecular complexity index is 695. The van der Waals surface area contributed by atoms with E-state index < -0.39 is 23.2 Å². The summed E-state index contributed by atoms with van der Waals surface area (Å²) in [5.74, 6) is -3.26. The number of nitrogens with one attached hydrogen (secondary N) is 1. The lowest BCUT2D eigenvalue weighted by atomic mass is 10.1. The number of aromatic nitrogens is 1. The van der Waals surface area contributed by atoms with Crippen molar-refractivity contribution in [2.75, 3.05) is 0 Å². The first kappa shape index (κ1) is 12.9. The Labute approximate surface area is 106 Å². The van der Waals surface area contributed by atoms with Crippen molar-refractivity contribution >= 4 is 5.97 Å². The van der Waals surface area contributed by atoms with Crippen LogP contribution < -0.4 is 5.56 Å². The van der Waals surface area contributed by atoms with E-state index in [9.17, 15) is 18.4 Å². The first-order chi connectivity index (χ1) is 8.99. The Balaban J connectivity index is 2.50. The number of hydrogen-bond acceptors (Lipinski definition) is 2. The molecular formula is C13H9F2NO3. The lowest BCUT2D eigenvalue weighted by Crippen LogP contribution is -2.14. The molecule has 2 rings (SSSR count). The van der Waals surface area contributed by atoms with Gasteiger partial charge in [0, 0.05) is 11.3 Å². The highest BCUT2D eigenvalue weighted by Gasteiger charge is 2.13. The molecule has 1 aromatic heterocycles. The van der Waals surface area contributed by atoms with Crippen molar-refractivity contribution in [3.8, 4) is 11.1 Å². The lowest BCUT2D eigenvalue weighted by Gasteiger charge is -2.04. The Morgan fingerprint density at radius 3 is 2.53 bits per heavy atom. The number of pyridine rings is 1. The number of halogens is 2. The van der Waals surface area contributed by atoms with Gasteiger partial charge in [0.05, 0.1) is 12.0 Å². The van der Waals surface area contributed by atoms with Gasteiger partial charge >= 0.3 is 5.97 Å². The van der Waals surface area contributed by atoms with E-state index in [4.69, 9.17) is 5.11 Å². The van der Waals surface area contributed by atoms with Crippen LogP contribution >= 0.6 is 0 Å². The zero-order valence-electron chi connectivity index (χ0n) is 9.61. The SMILES string of the molecule is O=C(O)Cc1ccc(-c2cccc(F)c2F)c(=O)[nH]1. The van der Waals surface area contributed by atoms with E-state index in [1.807, 2.05) is 0 Å². The molecule has 0 saturated carbocycles. The Morgan fingerprint density at radius 1 is 1.16 bits per heavy atom. The van der Waals surface area contributed by atoms with Crippen LogP contribution in [0.4, 0.5) is 8.78 Å². The normalized spacial score (nSPS) is 10.4. The highest BCUT2D eigenvalue weighted by Crippen LogP contribution is 2.21. The van der Waals surface area contributed by atoms with Gasteiger partial charge in [0.15, 0.2) is 11.6 Å². The van der Waals surface area contributed by atoms with Crippen LogP contribution in [0.15, 0.2) is 35.1 Å². The highest BCUT2D eigenvalue weighted by atomic mass is 19.2. The van der Waals surface area contributed by atoms with E-state index >= 15 is 0 Å². The highest BCUT2D eigenvalue weighted by molar-refractivity contribution is 5.70. The standard InChI is InChI=1S/C13H9F2NO3/c14-10-3-1-2-8(12(10)15)9-5-4-7(6-11(17)18)16-13(9)19/h1-5H,6H2,(H,16,19)(H,17,18). The van der Waals surface area contributed by atoms with Crippen molar-refractivity contribution in [3.05, 3.63) is 58.0 Å². The molecule has 1 heterocycles. The quantitative estimate of drug-likeness (QED) is 0.891. The second-order valence-electron chi connectivity index (χ2n) is 3.90. The van der Waals surface area contributed by atoms with Gasteiger partial charge in [-0.3, -0.25) is 9.59 Å². The number of hydrogen-bond donors (Lipinski definition) is 2. The molecule has 0 aliphatic heterocycles. The molecule has 0 atom stereocenters. The molecule has 0 aliphatic rings. The molecular weight excluding hydrogens is 256 g/mol. The molecule has 2 aromatic rings. The van der Waals surface area contributed by atoms with Crippen LogP contribution in [0.5, 0.6) is 0 Å².